The van der Waals surface area contributed by atoms with E-state index in [0.717, 1.165) is 12.3 Å². The number of amides is 1. The van der Waals surface area contributed by atoms with Crippen LogP contribution in [-0.4, -0.2) is 51.2 Å². The molecule has 2 N–H and O–H groups in total. The number of thioether (sulfide) groups is 1. The average Bonchev–Trinajstić information content (AvgIpc) is 2.60. The number of rotatable bonds is 5. The molecule has 84 valence electrons. The summed E-state index contributed by atoms with van der Waals surface area (Å²) < 4.78 is 1.44. The van der Waals surface area contributed by atoms with Crippen molar-refractivity contribution in [1.82, 2.24) is 19.7 Å². The fraction of sp³-hybridized carbons (Fsp3) is 0.625. The van der Waals surface area contributed by atoms with Crippen molar-refractivity contribution in [3.63, 3.8) is 0 Å². The molecule has 0 unspecified atom stereocenters. The maximum absolute atomic E-state index is 11.6. The van der Waals surface area contributed by atoms with Gasteiger partial charge in [-0.3, -0.25) is 4.79 Å². The van der Waals surface area contributed by atoms with Gasteiger partial charge in [0.25, 0.3) is 0 Å². The zero-order chi connectivity index (χ0) is 11.3. The lowest BCUT2D eigenvalue weighted by Crippen LogP contribution is -2.32. The topological polar surface area (TPSA) is 77.0 Å². The number of nitrogens with two attached hydrogens (primary N) is 1. The molecule has 0 aliphatic rings. The summed E-state index contributed by atoms with van der Waals surface area (Å²) >= 11 is 1.71. The normalized spacial score (nSPS) is 10.3. The van der Waals surface area contributed by atoms with Crippen molar-refractivity contribution in [1.29, 1.82) is 0 Å². The molecule has 0 saturated carbocycles. The Morgan fingerprint density at radius 3 is 3.00 bits per heavy atom. The molecule has 0 spiro atoms. The number of likely N-dealkylation sites (N-methyl/N-ethyl adjacent to an activating group) is 1. The Labute approximate surface area is 92.8 Å². The number of hydrogen-bond donors (Lipinski definition) is 1. The molecule has 1 rings (SSSR count). The maximum atomic E-state index is 11.6. The van der Waals surface area contributed by atoms with Crippen LogP contribution in [0.25, 0.3) is 0 Å². The first-order chi connectivity index (χ1) is 7.13. The highest BCUT2D eigenvalue weighted by Gasteiger charge is 2.09. The standard InChI is InChI=1S/C8H15N5OS/c1-12(3-4-15-2)7(14)5-13-6-10-8(9)11-13/h6H,3-5H2,1-2H3,(H2,9,11). The van der Waals surface area contributed by atoms with Gasteiger partial charge in [-0.2, -0.15) is 11.8 Å². The van der Waals surface area contributed by atoms with Gasteiger partial charge in [-0.05, 0) is 6.26 Å². The minimum absolute atomic E-state index is 0.00829. The van der Waals surface area contributed by atoms with Crippen LogP contribution in [0.15, 0.2) is 6.33 Å². The van der Waals surface area contributed by atoms with Crippen molar-refractivity contribution in [2.45, 2.75) is 6.54 Å². The summed E-state index contributed by atoms with van der Waals surface area (Å²) in [6.45, 7) is 0.930. The van der Waals surface area contributed by atoms with Gasteiger partial charge in [0.05, 0.1) is 0 Å². The average molecular weight is 229 g/mol. The Kier molecular flexibility index (Phi) is 4.41. The number of nitrogen functional groups attached to an aromatic ring is 1. The molecule has 0 bridgehead atoms. The zero-order valence-corrected chi connectivity index (χ0v) is 9.70. The molecule has 0 aliphatic heterocycles. The van der Waals surface area contributed by atoms with Gasteiger partial charge in [0, 0.05) is 19.3 Å². The molecule has 1 aromatic heterocycles. The van der Waals surface area contributed by atoms with Gasteiger partial charge in [0.1, 0.15) is 12.9 Å². The number of anilines is 1. The highest BCUT2D eigenvalue weighted by atomic mass is 32.2. The van der Waals surface area contributed by atoms with Crippen LogP contribution in [0.5, 0.6) is 0 Å². The van der Waals surface area contributed by atoms with Gasteiger partial charge in [0.2, 0.25) is 11.9 Å². The highest BCUT2D eigenvalue weighted by molar-refractivity contribution is 7.98. The van der Waals surface area contributed by atoms with Crippen molar-refractivity contribution in [3.05, 3.63) is 6.33 Å². The SMILES string of the molecule is CSCCN(C)C(=O)Cn1cnc(N)n1. The van der Waals surface area contributed by atoms with E-state index in [0.29, 0.717) is 0 Å². The van der Waals surface area contributed by atoms with Crippen LogP contribution in [0, 0.1) is 0 Å². The number of aromatic nitrogens is 3. The molecule has 0 fully saturated rings. The largest absolute Gasteiger partial charge is 0.367 e. The van der Waals surface area contributed by atoms with Crippen molar-refractivity contribution >= 4 is 23.6 Å². The Bertz CT molecular complexity index is 327. The van der Waals surface area contributed by atoms with E-state index in [1.165, 1.54) is 11.0 Å². The molecule has 7 heteroatoms. The molecule has 0 saturated heterocycles. The first-order valence-corrected chi connectivity index (χ1v) is 5.90. The van der Waals surface area contributed by atoms with Crippen LogP contribution in [0.3, 0.4) is 0 Å². The minimum Gasteiger partial charge on any atom is -0.367 e. The maximum Gasteiger partial charge on any atom is 0.244 e. The number of nitrogens with zero attached hydrogens (tertiary/aromatic N) is 4. The molecular weight excluding hydrogens is 214 g/mol. The van der Waals surface area contributed by atoms with Crippen molar-refractivity contribution in [2.75, 3.05) is 31.3 Å². The van der Waals surface area contributed by atoms with Gasteiger partial charge in [-0.25, -0.2) is 9.67 Å². The Morgan fingerprint density at radius 1 is 1.73 bits per heavy atom. The number of hydrogen-bond acceptors (Lipinski definition) is 5. The molecule has 0 aliphatic carbocycles. The lowest BCUT2D eigenvalue weighted by atomic mass is 10.5. The van der Waals surface area contributed by atoms with E-state index in [1.54, 1.807) is 23.7 Å². The van der Waals surface area contributed by atoms with Crippen molar-refractivity contribution in [3.8, 4) is 0 Å². The fourth-order valence-corrected chi connectivity index (χ4v) is 1.45. The van der Waals surface area contributed by atoms with Crippen LogP contribution in [0.1, 0.15) is 0 Å². The van der Waals surface area contributed by atoms with E-state index in [2.05, 4.69) is 10.1 Å². The smallest absolute Gasteiger partial charge is 0.244 e. The second-order valence-electron chi connectivity index (χ2n) is 3.11. The minimum atomic E-state index is 0.00829. The van der Waals surface area contributed by atoms with Crippen LogP contribution in [0.2, 0.25) is 0 Å². The van der Waals surface area contributed by atoms with Crippen molar-refractivity contribution in [2.24, 2.45) is 0 Å². The Hall–Kier alpha value is -1.24. The molecule has 0 radical (unpaired) electrons. The number of carbonyl (C=O) groups is 1. The second kappa shape index (κ2) is 5.59. The van der Waals surface area contributed by atoms with E-state index in [9.17, 15) is 4.79 Å². The monoisotopic (exact) mass is 229 g/mol. The molecule has 1 heterocycles. The Balaban J connectivity index is 2.41. The van der Waals surface area contributed by atoms with Crippen molar-refractivity contribution < 1.29 is 4.79 Å². The molecule has 0 atom stereocenters. The third-order valence-corrected chi connectivity index (χ3v) is 2.50. The third-order valence-electron chi connectivity index (χ3n) is 1.91. The summed E-state index contributed by atoms with van der Waals surface area (Å²) in [6.07, 6.45) is 3.46. The van der Waals surface area contributed by atoms with E-state index in [-0.39, 0.29) is 18.4 Å². The molecule has 1 amide bonds. The first-order valence-electron chi connectivity index (χ1n) is 4.51. The summed E-state index contributed by atoms with van der Waals surface area (Å²) in [6, 6.07) is 0. The summed E-state index contributed by atoms with van der Waals surface area (Å²) in [7, 11) is 1.78. The molecule has 1 aromatic rings. The van der Waals surface area contributed by atoms with Gasteiger partial charge in [-0.1, -0.05) is 0 Å². The fourth-order valence-electron chi connectivity index (χ4n) is 0.997. The van der Waals surface area contributed by atoms with E-state index < -0.39 is 0 Å². The van der Waals surface area contributed by atoms with Gasteiger partial charge in [-0.15, -0.1) is 5.10 Å². The lowest BCUT2D eigenvalue weighted by molar-refractivity contribution is -0.130. The van der Waals surface area contributed by atoms with Crippen LogP contribution >= 0.6 is 11.8 Å². The summed E-state index contributed by atoms with van der Waals surface area (Å²) in [5.74, 6) is 1.13. The van der Waals surface area contributed by atoms with E-state index in [1.807, 2.05) is 6.26 Å². The van der Waals surface area contributed by atoms with Crippen LogP contribution < -0.4 is 5.73 Å². The molecule has 6 nitrogen and oxygen atoms in total. The van der Waals surface area contributed by atoms with Gasteiger partial charge >= 0.3 is 0 Å². The zero-order valence-electron chi connectivity index (χ0n) is 8.88. The van der Waals surface area contributed by atoms with Crippen LogP contribution in [0.4, 0.5) is 5.95 Å². The van der Waals surface area contributed by atoms with Crippen LogP contribution in [-0.2, 0) is 11.3 Å². The Morgan fingerprint density at radius 2 is 2.47 bits per heavy atom. The third kappa shape index (κ3) is 3.78. The lowest BCUT2D eigenvalue weighted by Gasteiger charge is -2.15. The predicted octanol–water partition coefficient (Wildman–Crippen LogP) is -0.318. The summed E-state index contributed by atoms with van der Waals surface area (Å²) in [5.41, 5.74) is 5.34. The first kappa shape index (κ1) is 11.8. The summed E-state index contributed by atoms with van der Waals surface area (Å²) in [5, 5.41) is 3.84. The second-order valence-corrected chi connectivity index (χ2v) is 4.09. The number of carbonyl (C=O) groups excluding carboxylic acids is 1. The highest BCUT2D eigenvalue weighted by Crippen LogP contribution is 1.96. The van der Waals surface area contributed by atoms with E-state index in [4.69, 9.17) is 5.73 Å². The molecule has 15 heavy (non-hydrogen) atoms. The summed E-state index contributed by atoms with van der Waals surface area (Å²) in [4.78, 5) is 17.0. The quantitative estimate of drug-likeness (QED) is 0.749. The van der Waals surface area contributed by atoms with Gasteiger partial charge in [0.15, 0.2) is 0 Å². The van der Waals surface area contributed by atoms with Gasteiger partial charge < -0.3 is 10.6 Å². The van der Waals surface area contributed by atoms with E-state index >= 15 is 0 Å². The predicted molar refractivity (Wildman–Crippen MR) is 60.5 cm³/mol. The molecule has 0 aromatic carbocycles. The molecular formula is C8H15N5OS.